The molecule has 2 aromatic carbocycles. The van der Waals surface area contributed by atoms with Crippen LogP contribution in [0, 0.1) is 5.41 Å². The first-order chi connectivity index (χ1) is 16.5. The van der Waals surface area contributed by atoms with Gasteiger partial charge in [0.05, 0.1) is 10.6 Å². The Balaban J connectivity index is 2.14. The molecule has 0 amide bonds. The van der Waals surface area contributed by atoms with Gasteiger partial charge >= 0.3 is 0 Å². The molecule has 3 rings (SSSR count). The van der Waals surface area contributed by atoms with E-state index in [9.17, 15) is 16.8 Å². The number of hydrogen-bond donors (Lipinski definition) is 1. The predicted molar refractivity (Wildman–Crippen MR) is 138 cm³/mol. The molecule has 0 bridgehead atoms. The molecule has 0 saturated heterocycles. The smallest absolute Gasteiger partial charge is 0.264 e. The molecule has 1 unspecified atom stereocenters. The average molecular weight is 538 g/mol. The number of halogens is 1. The number of benzene rings is 2. The van der Waals surface area contributed by atoms with Gasteiger partial charge in [-0.25, -0.2) is 16.8 Å². The maximum atomic E-state index is 13.7. The average Bonchev–Trinajstić information content (AvgIpc) is 3.30. The summed E-state index contributed by atoms with van der Waals surface area (Å²) in [5.41, 5.74) is 0.815. The highest BCUT2D eigenvalue weighted by molar-refractivity contribution is 8.05. The third-order valence-electron chi connectivity index (χ3n) is 5.49. The van der Waals surface area contributed by atoms with Crippen LogP contribution < -0.4 is 4.31 Å². The summed E-state index contributed by atoms with van der Waals surface area (Å²) in [5, 5.41) is 16.1. The number of hydrogen-bond acceptors (Lipinski definition) is 7. The largest absolute Gasteiger partial charge is 0.310 e. The van der Waals surface area contributed by atoms with E-state index >= 15 is 0 Å². The third-order valence-corrected chi connectivity index (χ3v) is 8.61. The Kier molecular flexibility index (Phi) is 8.34. The Hall–Kier alpha value is -2.76. The van der Waals surface area contributed by atoms with E-state index in [0.717, 1.165) is 12.7 Å². The summed E-state index contributed by atoms with van der Waals surface area (Å²) in [7, 11) is -7.54. The van der Waals surface area contributed by atoms with E-state index in [2.05, 4.69) is 10.2 Å². The van der Waals surface area contributed by atoms with Crippen LogP contribution in [0.4, 0.5) is 5.69 Å². The van der Waals surface area contributed by atoms with Crippen LogP contribution in [-0.2, 0) is 19.9 Å². The van der Waals surface area contributed by atoms with Crippen molar-refractivity contribution in [1.82, 2.24) is 14.8 Å². The molecular formula is C23H28ClN5O4S2. The van der Waals surface area contributed by atoms with Crippen LogP contribution in [0.3, 0.4) is 0 Å². The van der Waals surface area contributed by atoms with Gasteiger partial charge in [0.2, 0.25) is 0 Å². The first-order valence-corrected chi connectivity index (χ1v) is 14.7. The zero-order valence-electron chi connectivity index (χ0n) is 19.7. The lowest BCUT2D eigenvalue weighted by Gasteiger charge is -2.27. The van der Waals surface area contributed by atoms with Gasteiger partial charge in [0.25, 0.3) is 10.0 Å². The second-order valence-corrected chi connectivity index (χ2v) is 12.6. The lowest BCUT2D eigenvalue weighted by Crippen LogP contribution is -2.32. The Morgan fingerprint density at radius 3 is 2.46 bits per heavy atom. The predicted octanol–water partition coefficient (Wildman–Crippen LogP) is 4.57. The molecule has 1 aromatic heterocycles. The molecular weight excluding hydrogens is 510 g/mol. The molecule has 0 spiro atoms. The van der Waals surface area contributed by atoms with Crippen molar-refractivity contribution in [2.75, 3.05) is 17.1 Å². The maximum absolute atomic E-state index is 13.7. The maximum Gasteiger partial charge on any atom is 0.264 e. The number of rotatable bonds is 10. The van der Waals surface area contributed by atoms with Crippen molar-refractivity contribution >= 4 is 42.2 Å². The summed E-state index contributed by atoms with van der Waals surface area (Å²) in [5.74, 6) is 0.320. The number of sulfone groups is 1. The van der Waals surface area contributed by atoms with Gasteiger partial charge in [-0.05, 0) is 43.7 Å². The van der Waals surface area contributed by atoms with Crippen molar-refractivity contribution in [3.8, 4) is 11.4 Å². The second kappa shape index (κ2) is 10.9. The topological polar surface area (TPSA) is 126 Å². The molecule has 0 aliphatic rings. The first kappa shape index (κ1) is 26.8. The van der Waals surface area contributed by atoms with E-state index in [1.165, 1.54) is 10.6 Å². The molecule has 0 aliphatic carbocycles. The zero-order valence-corrected chi connectivity index (χ0v) is 22.1. The molecule has 0 radical (unpaired) electrons. The van der Waals surface area contributed by atoms with Crippen molar-refractivity contribution in [3.63, 3.8) is 0 Å². The SMILES string of the molecule is CCCCN(c1ccc(Cl)cc1-c1nncn1C(C)CC(=N)S(C)(=O)=O)S(=O)(=O)c1ccccc1. The molecule has 3 aromatic rings. The molecule has 0 aliphatic heterocycles. The third kappa shape index (κ3) is 6.09. The van der Waals surface area contributed by atoms with Gasteiger partial charge < -0.3 is 4.57 Å². The van der Waals surface area contributed by atoms with Gasteiger partial charge in [0.1, 0.15) is 11.4 Å². The van der Waals surface area contributed by atoms with Gasteiger partial charge in [-0.15, -0.1) is 10.2 Å². The number of unbranched alkanes of at least 4 members (excludes halogenated alkanes) is 1. The normalized spacial score (nSPS) is 12.9. The van der Waals surface area contributed by atoms with E-state index in [1.54, 1.807) is 60.0 Å². The first-order valence-electron chi connectivity index (χ1n) is 11.0. The highest BCUT2D eigenvalue weighted by atomic mass is 35.5. The molecule has 1 heterocycles. The Bertz CT molecular complexity index is 1410. The van der Waals surface area contributed by atoms with Crippen LogP contribution >= 0.6 is 11.6 Å². The summed E-state index contributed by atoms with van der Waals surface area (Å²) in [6, 6.07) is 12.6. The van der Waals surface area contributed by atoms with Gasteiger partial charge in [-0.1, -0.05) is 43.1 Å². The summed E-state index contributed by atoms with van der Waals surface area (Å²) < 4.78 is 53.9. The van der Waals surface area contributed by atoms with Crippen LogP contribution in [0.15, 0.2) is 59.8 Å². The molecule has 35 heavy (non-hydrogen) atoms. The van der Waals surface area contributed by atoms with Crippen molar-refractivity contribution in [1.29, 1.82) is 5.41 Å². The molecule has 188 valence electrons. The van der Waals surface area contributed by atoms with Crippen LogP contribution in [0.1, 0.15) is 39.2 Å². The zero-order chi connectivity index (χ0) is 25.8. The van der Waals surface area contributed by atoms with Crippen molar-refractivity contribution in [2.45, 2.75) is 44.0 Å². The highest BCUT2D eigenvalue weighted by Gasteiger charge is 2.29. The van der Waals surface area contributed by atoms with Gasteiger partial charge in [0, 0.05) is 35.8 Å². The van der Waals surface area contributed by atoms with Crippen LogP contribution in [0.2, 0.25) is 5.02 Å². The monoisotopic (exact) mass is 537 g/mol. The quantitative estimate of drug-likeness (QED) is 0.298. The molecule has 0 fully saturated rings. The number of aromatic nitrogens is 3. The Morgan fingerprint density at radius 2 is 1.83 bits per heavy atom. The molecule has 1 N–H and O–H groups in total. The summed E-state index contributed by atoms with van der Waals surface area (Å²) in [6.45, 7) is 3.96. The van der Waals surface area contributed by atoms with E-state index in [4.69, 9.17) is 17.0 Å². The molecule has 9 nitrogen and oxygen atoms in total. The molecule has 12 heteroatoms. The van der Waals surface area contributed by atoms with Gasteiger partial charge in [-0.2, -0.15) is 0 Å². The van der Waals surface area contributed by atoms with E-state index in [0.29, 0.717) is 28.5 Å². The standard InChI is InChI=1S/C23H28ClN5O4S2/c1-4-5-13-29(35(32,33)19-9-7-6-8-10-19)21-12-11-18(24)15-20(21)23-27-26-16-28(23)17(2)14-22(25)34(3,30)31/h6-12,15-17,25H,4-5,13-14H2,1-3H3. The lowest BCUT2D eigenvalue weighted by atomic mass is 10.1. The number of nitrogens with zero attached hydrogens (tertiary/aromatic N) is 4. The minimum atomic E-state index is -3.90. The minimum absolute atomic E-state index is 0.0678. The minimum Gasteiger partial charge on any atom is -0.310 e. The highest BCUT2D eigenvalue weighted by Crippen LogP contribution is 2.36. The van der Waals surface area contributed by atoms with Crippen LogP contribution in [0.5, 0.6) is 0 Å². The fourth-order valence-corrected chi connectivity index (χ4v) is 5.83. The van der Waals surface area contributed by atoms with E-state index < -0.39 is 30.9 Å². The number of nitrogens with one attached hydrogen (secondary N) is 1. The number of sulfonamides is 1. The fourth-order valence-electron chi connectivity index (χ4n) is 3.57. The molecule has 1 atom stereocenters. The fraction of sp³-hybridized carbons (Fsp3) is 0.348. The molecule has 0 saturated carbocycles. The van der Waals surface area contributed by atoms with Crippen LogP contribution in [0.25, 0.3) is 11.4 Å². The van der Waals surface area contributed by atoms with E-state index in [-0.39, 0.29) is 17.9 Å². The van der Waals surface area contributed by atoms with Crippen molar-refractivity contribution in [2.24, 2.45) is 0 Å². The summed E-state index contributed by atoms with van der Waals surface area (Å²) >= 11 is 6.31. The van der Waals surface area contributed by atoms with Crippen molar-refractivity contribution < 1.29 is 16.8 Å². The van der Waals surface area contributed by atoms with E-state index in [1.807, 2.05) is 6.92 Å². The Labute approximate surface area is 211 Å². The number of anilines is 1. The van der Waals surface area contributed by atoms with Gasteiger partial charge in [0.15, 0.2) is 15.7 Å². The lowest BCUT2D eigenvalue weighted by molar-refractivity contribution is 0.567. The van der Waals surface area contributed by atoms with Crippen molar-refractivity contribution in [3.05, 3.63) is 59.9 Å². The Morgan fingerprint density at radius 1 is 1.14 bits per heavy atom. The van der Waals surface area contributed by atoms with Crippen LogP contribution in [-0.4, -0.2) is 49.4 Å². The summed E-state index contributed by atoms with van der Waals surface area (Å²) in [4.78, 5) is 0.161. The second-order valence-electron chi connectivity index (χ2n) is 8.22. The summed E-state index contributed by atoms with van der Waals surface area (Å²) in [6.07, 6.45) is 3.77. The van der Waals surface area contributed by atoms with Gasteiger partial charge in [-0.3, -0.25) is 9.71 Å².